The summed E-state index contributed by atoms with van der Waals surface area (Å²) >= 11 is 0. The molecule has 0 aliphatic carbocycles. The summed E-state index contributed by atoms with van der Waals surface area (Å²) in [5, 5.41) is 14.2. The molecule has 0 fully saturated rings. The maximum absolute atomic E-state index is 13.1. The van der Waals surface area contributed by atoms with Crippen molar-refractivity contribution in [1.82, 2.24) is 4.98 Å². The zero-order valence-electron chi connectivity index (χ0n) is 15.4. The zero-order chi connectivity index (χ0) is 20.3. The van der Waals surface area contributed by atoms with Gasteiger partial charge in [0.15, 0.2) is 0 Å². The average molecular weight is 405 g/mol. The first kappa shape index (κ1) is 18.8. The molecule has 29 heavy (non-hydrogen) atoms. The molecule has 0 bridgehead atoms. The largest absolute Gasteiger partial charge is 0.505 e. The number of nitrogens with zero attached hydrogens (tertiary/aromatic N) is 1. The Morgan fingerprint density at radius 3 is 2.21 bits per heavy atom. The van der Waals surface area contributed by atoms with Crippen LogP contribution in [0.2, 0.25) is 0 Å². The van der Waals surface area contributed by atoms with Gasteiger partial charge >= 0.3 is 0 Å². The summed E-state index contributed by atoms with van der Waals surface area (Å²) in [6, 6.07) is 22.9. The van der Waals surface area contributed by atoms with Gasteiger partial charge in [-0.25, -0.2) is 8.42 Å². The van der Waals surface area contributed by atoms with Crippen molar-refractivity contribution >= 4 is 32.3 Å². The summed E-state index contributed by atoms with van der Waals surface area (Å²) in [5.74, 6) is -0.0392. The Balaban J connectivity index is 1.77. The van der Waals surface area contributed by atoms with E-state index < -0.39 is 10.0 Å². The number of hydrogen-bond donors (Lipinski definition) is 3. The maximum Gasteiger partial charge on any atom is 0.262 e. The number of phenolic OH excluding ortho intramolecular Hbond substituents is 1. The highest BCUT2D eigenvalue weighted by Crippen LogP contribution is 2.33. The van der Waals surface area contributed by atoms with Gasteiger partial charge in [-0.3, -0.25) is 9.71 Å². The van der Waals surface area contributed by atoms with Gasteiger partial charge in [-0.2, -0.15) is 0 Å². The Bertz CT molecular complexity index is 1240. The molecule has 0 saturated heterocycles. The van der Waals surface area contributed by atoms with E-state index in [4.69, 9.17) is 0 Å². The highest BCUT2D eigenvalue weighted by atomic mass is 32.2. The normalized spacial score (nSPS) is 11.3. The summed E-state index contributed by atoms with van der Waals surface area (Å²) in [6.07, 6.45) is 1.53. The van der Waals surface area contributed by atoms with Crippen molar-refractivity contribution in [1.29, 1.82) is 0 Å². The Labute approximate surface area is 168 Å². The number of nitrogens with one attached hydrogen (secondary N) is 2. The second-order valence-electron chi connectivity index (χ2n) is 6.47. The molecule has 0 spiro atoms. The minimum absolute atomic E-state index is 0.0392. The molecule has 0 unspecified atom stereocenters. The first-order chi connectivity index (χ1) is 14.0. The van der Waals surface area contributed by atoms with Crippen LogP contribution in [0, 0.1) is 0 Å². The van der Waals surface area contributed by atoms with Crippen molar-refractivity contribution in [2.75, 3.05) is 10.0 Å². The molecule has 3 N–H and O–H groups in total. The molecule has 6 nitrogen and oxygen atoms in total. The number of anilines is 2. The molecule has 0 saturated carbocycles. The van der Waals surface area contributed by atoms with E-state index in [1.165, 1.54) is 12.3 Å². The minimum Gasteiger partial charge on any atom is -0.505 e. The summed E-state index contributed by atoms with van der Waals surface area (Å²) in [7, 11) is -3.89. The summed E-state index contributed by atoms with van der Waals surface area (Å²) in [4.78, 5) is 4.27. The number of aromatic hydroxyl groups is 1. The second kappa shape index (κ2) is 7.81. The fourth-order valence-electron chi connectivity index (χ4n) is 3.08. The van der Waals surface area contributed by atoms with Crippen molar-refractivity contribution in [3.63, 3.8) is 0 Å². The lowest BCUT2D eigenvalue weighted by Gasteiger charge is -2.15. The van der Waals surface area contributed by atoms with E-state index in [0.29, 0.717) is 16.6 Å². The van der Waals surface area contributed by atoms with E-state index in [1.54, 1.807) is 36.4 Å². The van der Waals surface area contributed by atoms with E-state index in [2.05, 4.69) is 15.0 Å². The standard InChI is InChI=1S/C22H19N3O3S/c26-22-16(15-24-17-8-3-1-4-9-17)14-20(19-12-7-13-23-21(19)22)29(27,28)25-18-10-5-2-6-11-18/h1-14,24-26H,15H2. The fourth-order valence-corrected chi connectivity index (χ4v) is 4.38. The smallest absolute Gasteiger partial charge is 0.262 e. The van der Waals surface area contributed by atoms with Crippen LogP contribution in [0.3, 0.4) is 0 Å². The summed E-state index contributed by atoms with van der Waals surface area (Å²) in [5.41, 5.74) is 2.00. The molecule has 1 heterocycles. The number of pyridine rings is 1. The minimum atomic E-state index is -3.89. The quantitative estimate of drug-likeness (QED) is 0.444. The van der Waals surface area contributed by atoms with Crippen LogP contribution in [0.4, 0.5) is 11.4 Å². The monoisotopic (exact) mass is 405 g/mol. The molecule has 1 aromatic heterocycles. The number of sulfonamides is 1. The Morgan fingerprint density at radius 1 is 0.862 bits per heavy atom. The first-order valence-electron chi connectivity index (χ1n) is 9.01. The van der Waals surface area contributed by atoms with Crippen molar-refractivity contribution in [3.8, 4) is 5.75 Å². The number of para-hydroxylation sites is 2. The van der Waals surface area contributed by atoms with E-state index in [-0.39, 0.29) is 22.7 Å². The fraction of sp³-hybridized carbons (Fsp3) is 0.0455. The topological polar surface area (TPSA) is 91.3 Å². The predicted octanol–water partition coefficient (Wildman–Crippen LogP) is 4.35. The molecule has 0 aliphatic rings. The average Bonchev–Trinajstić information content (AvgIpc) is 2.74. The third-order valence-corrected chi connectivity index (χ3v) is 5.90. The van der Waals surface area contributed by atoms with Crippen molar-refractivity contribution in [3.05, 3.63) is 90.6 Å². The molecular formula is C22H19N3O3S. The zero-order valence-corrected chi connectivity index (χ0v) is 16.2. The van der Waals surface area contributed by atoms with Crippen LogP contribution in [0.25, 0.3) is 10.9 Å². The molecule has 0 atom stereocenters. The van der Waals surface area contributed by atoms with Gasteiger partial charge in [-0.1, -0.05) is 36.4 Å². The Morgan fingerprint density at radius 2 is 1.52 bits per heavy atom. The van der Waals surface area contributed by atoms with E-state index >= 15 is 0 Å². The van der Waals surface area contributed by atoms with Gasteiger partial charge in [0.05, 0.1) is 4.90 Å². The van der Waals surface area contributed by atoms with E-state index in [1.807, 2.05) is 36.4 Å². The van der Waals surface area contributed by atoms with Gasteiger partial charge in [0, 0.05) is 35.1 Å². The first-order valence-corrected chi connectivity index (χ1v) is 10.5. The van der Waals surface area contributed by atoms with Gasteiger partial charge in [-0.15, -0.1) is 0 Å². The molecular weight excluding hydrogens is 386 g/mol. The lowest BCUT2D eigenvalue weighted by atomic mass is 10.1. The lowest BCUT2D eigenvalue weighted by molar-refractivity contribution is 0.474. The van der Waals surface area contributed by atoms with E-state index in [0.717, 1.165) is 5.69 Å². The van der Waals surface area contributed by atoms with Gasteiger partial charge in [0.2, 0.25) is 0 Å². The third kappa shape index (κ3) is 4.00. The Kier molecular flexibility index (Phi) is 5.05. The van der Waals surface area contributed by atoms with Crippen LogP contribution in [0.1, 0.15) is 5.56 Å². The van der Waals surface area contributed by atoms with Crippen LogP contribution in [0.15, 0.2) is 90.0 Å². The number of benzene rings is 3. The summed E-state index contributed by atoms with van der Waals surface area (Å²) in [6.45, 7) is 0.246. The molecule has 7 heteroatoms. The SMILES string of the molecule is O=S(=O)(Nc1ccccc1)c1cc(CNc2ccccc2)c(O)c2ncccc12. The maximum atomic E-state index is 13.1. The second-order valence-corrected chi connectivity index (χ2v) is 8.12. The van der Waals surface area contributed by atoms with Crippen LogP contribution in [0.5, 0.6) is 5.75 Å². The van der Waals surface area contributed by atoms with Gasteiger partial charge in [0.1, 0.15) is 11.3 Å². The molecule has 4 aromatic rings. The molecule has 0 aliphatic heterocycles. The van der Waals surface area contributed by atoms with Crippen LogP contribution in [-0.2, 0) is 16.6 Å². The van der Waals surface area contributed by atoms with Crippen LogP contribution in [-0.4, -0.2) is 18.5 Å². The number of phenols is 1. The molecule has 0 amide bonds. The van der Waals surface area contributed by atoms with Gasteiger partial charge in [0.25, 0.3) is 10.0 Å². The molecule has 3 aromatic carbocycles. The van der Waals surface area contributed by atoms with Gasteiger partial charge < -0.3 is 10.4 Å². The van der Waals surface area contributed by atoms with Crippen molar-refractivity contribution < 1.29 is 13.5 Å². The number of hydrogen-bond acceptors (Lipinski definition) is 5. The van der Waals surface area contributed by atoms with Crippen molar-refractivity contribution in [2.24, 2.45) is 0 Å². The van der Waals surface area contributed by atoms with Gasteiger partial charge in [-0.05, 0) is 42.5 Å². The molecule has 146 valence electrons. The third-order valence-electron chi connectivity index (χ3n) is 4.48. The Hall–Kier alpha value is -3.58. The van der Waals surface area contributed by atoms with E-state index in [9.17, 15) is 13.5 Å². The highest BCUT2D eigenvalue weighted by molar-refractivity contribution is 7.93. The number of rotatable bonds is 6. The number of aromatic nitrogens is 1. The number of fused-ring (bicyclic) bond motifs is 1. The lowest BCUT2D eigenvalue weighted by Crippen LogP contribution is -2.14. The highest BCUT2D eigenvalue weighted by Gasteiger charge is 2.22. The predicted molar refractivity (Wildman–Crippen MR) is 114 cm³/mol. The molecule has 4 rings (SSSR count). The summed E-state index contributed by atoms with van der Waals surface area (Å²) < 4.78 is 28.8. The molecule has 0 radical (unpaired) electrons. The van der Waals surface area contributed by atoms with Crippen LogP contribution < -0.4 is 10.0 Å². The van der Waals surface area contributed by atoms with Crippen molar-refractivity contribution in [2.45, 2.75) is 11.4 Å². The van der Waals surface area contributed by atoms with Crippen LogP contribution >= 0.6 is 0 Å².